The quantitative estimate of drug-likeness (QED) is 0.418. The number of hydrogen-bond acceptors (Lipinski definition) is 5. The van der Waals surface area contributed by atoms with Gasteiger partial charge in [0.05, 0.1) is 23.4 Å². The van der Waals surface area contributed by atoms with E-state index >= 15 is 0 Å². The highest BCUT2D eigenvalue weighted by Crippen LogP contribution is 2.38. The number of halogens is 2. The molecule has 0 unspecified atom stereocenters. The topological polar surface area (TPSA) is 84.9 Å². The predicted octanol–water partition coefficient (Wildman–Crippen LogP) is 4.98. The maximum Gasteiger partial charge on any atom is 0.335 e. The minimum absolute atomic E-state index is 0.0752. The number of methoxy groups -OCH3 is 1. The van der Waals surface area contributed by atoms with Gasteiger partial charge in [-0.25, -0.2) is 9.69 Å². The summed E-state index contributed by atoms with van der Waals surface area (Å²) in [6.45, 7) is 5.56. The molecule has 162 valence electrons. The highest BCUT2D eigenvalue weighted by Gasteiger charge is 2.37. The van der Waals surface area contributed by atoms with Gasteiger partial charge in [0.1, 0.15) is 5.57 Å². The van der Waals surface area contributed by atoms with E-state index in [0.29, 0.717) is 32.8 Å². The molecule has 0 bridgehead atoms. The number of carbonyl (C=O) groups excluding carboxylic acids is 3. The van der Waals surface area contributed by atoms with Crippen LogP contribution in [0.1, 0.15) is 25.0 Å². The van der Waals surface area contributed by atoms with E-state index in [1.165, 1.54) is 13.2 Å². The average Bonchev–Trinajstić information content (AvgIpc) is 2.68. The molecule has 0 radical (unpaired) electrons. The second kappa shape index (κ2) is 9.23. The minimum atomic E-state index is -0.794. The summed E-state index contributed by atoms with van der Waals surface area (Å²) in [4.78, 5) is 39.0. The molecule has 3 rings (SSSR count). The van der Waals surface area contributed by atoms with E-state index in [4.69, 9.17) is 9.47 Å². The van der Waals surface area contributed by atoms with E-state index < -0.39 is 17.8 Å². The first-order valence-corrected chi connectivity index (χ1v) is 10.9. The number of anilines is 1. The summed E-state index contributed by atoms with van der Waals surface area (Å²) in [5.41, 5.74) is 1.45. The monoisotopic (exact) mass is 550 g/mol. The Balaban J connectivity index is 2.05. The number of urea groups is 1. The second-order valence-corrected chi connectivity index (χ2v) is 8.86. The van der Waals surface area contributed by atoms with Gasteiger partial charge in [-0.05, 0) is 84.2 Å². The Kier molecular flexibility index (Phi) is 6.86. The van der Waals surface area contributed by atoms with Gasteiger partial charge in [-0.3, -0.25) is 14.9 Å². The Morgan fingerprint density at radius 2 is 1.81 bits per heavy atom. The van der Waals surface area contributed by atoms with Gasteiger partial charge in [-0.1, -0.05) is 15.9 Å². The molecule has 1 heterocycles. The van der Waals surface area contributed by atoms with Gasteiger partial charge >= 0.3 is 6.03 Å². The molecule has 1 N–H and O–H groups in total. The number of carbonyl (C=O) groups is 3. The first-order chi connectivity index (χ1) is 14.6. The summed E-state index contributed by atoms with van der Waals surface area (Å²) in [7, 11) is 1.50. The zero-order valence-corrected chi connectivity index (χ0v) is 20.5. The summed E-state index contributed by atoms with van der Waals surface area (Å²) in [6.07, 6.45) is 1.34. The number of amides is 4. The van der Waals surface area contributed by atoms with Crippen LogP contribution in [-0.2, 0) is 9.59 Å². The smallest absolute Gasteiger partial charge is 0.335 e. The molecule has 0 aromatic heterocycles. The molecule has 1 aliphatic rings. The number of ether oxygens (including phenoxy) is 2. The van der Waals surface area contributed by atoms with Crippen molar-refractivity contribution in [1.82, 2.24) is 5.32 Å². The third kappa shape index (κ3) is 4.83. The molecule has 1 fully saturated rings. The zero-order chi connectivity index (χ0) is 22.9. The third-order valence-electron chi connectivity index (χ3n) is 4.42. The van der Waals surface area contributed by atoms with E-state index in [1.807, 2.05) is 13.8 Å². The lowest BCUT2D eigenvalue weighted by Gasteiger charge is -2.27. The standard InChI is InChI=1S/C22H20Br2N2O5/c1-11(2)31-19-16(24)9-13(10-18(19)30-4)8-15-20(27)25-22(29)26(21(15)28)17-6-5-14(23)7-12(17)3/h5-11H,1-4H3,(H,25,27,29)/b15-8-. The second-order valence-electron chi connectivity index (χ2n) is 7.09. The molecule has 1 saturated heterocycles. The Morgan fingerprint density at radius 3 is 2.42 bits per heavy atom. The Morgan fingerprint density at radius 1 is 1.10 bits per heavy atom. The minimum Gasteiger partial charge on any atom is -0.493 e. The van der Waals surface area contributed by atoms with Crippen LogP contribution in [0.3, 0.4) is 0 Å². The summed E-state index contributed by atoms with van der Waals surface area (Å²) in [5, 5.41) is 2.23. The van der Waals surface area contributed by atoms with Crippen LogP contribution in [0.2, 0.25) is 0 Å². The number of hydrogen-bond donors (Lipinski definition) is 1. The molecule has 1 aliphatic heterocycles. The SMILES string of the molecule is COc1cc(/C=C2/C(=O)NC(=O)N(c3ccc(Br)cc3C)C2=O)cc(Br)c1OC(C)C. The summed E-state index contributed by atoms with van der Waals surface area (Å²) in [5.74, 6) is -0.521. The molecule has 2 aromatic carbocycles. The lowest BCUT2D eigenvalue weighted by Crippen LogP contribution is -2.54. The number of aryl methyl sites for hydroxylation is 1. The van der Waals surface area contributed by atoms with E-state index in [-0.39, 0.29) is 11.7 Å². The van der Waals surface area contributed by atoms with E-state index in [0.717, 1.165) is 9.37 Å². The molecule has 2 aromatic rings. The molecule has 0 atom stereocenters. The maximum absolute atomic E-state index is 13.1. The van der Waals surface area contributed by atoms with Crippen molar-refractivity contribution in [3.8, 4) is 11.5 Å². The van der Waals surface area contributed by atoms with Crippen molar-refractivity contribution in [2.45, 2.75) is 26.9 Å². The molecule has 4 amide bonds. The Hall–Kier alpha value is -2.65. The van der Waals surface area contributed by atoms with Crippen LogP contribution in [0.25, 0.3) is 6.08 Å². The van der Waals surface area contributed by atoms with Gasteiger partial charge in [0.15, 0.2) is 11.5 Å². The first kappa shape index (κ1) is 23.0. The fraction of sp³-hybridized carbons (Fsp3) is 0.227. The number of imide groups is 2. The van der Waals surface area contributed by atoms with Gasteiger partial charge in [0, 0.05) is 4.47 Å². The maximum atomic E-state index is 13.1. The van der Waals surface area contributed by atoms with Gasteiger partial charge < -0.3 is 9.47 Å². The van der Waals surface area contributed by atoms with Crippen LogP contribution in [0.4, 0.5) is 10.5 Å². The van der Waals surface area contributed by atoms with Crippen molar-refractivity contribution >= 4 is 61.5 Å². The number of nitrogens with one attached hydrogen (secondary N) is 1. The van der Waals surface area contributed by atoms with Crippen molar-refractivity contribution in [1.29, 1.82) is 0 Å². The van der Waals surface area contributed by atoms with Gasteiger partial charge in [-0.2, -0.15) is 0 Å². The van der Waals surface area contributed by atoms with Crippen molar-refractivity contribution in [2.24, 2.45) is 0 Å². The predicted molar refractivity (Wildman–Crippen MR) is 124 cm³/mol. The van der Waals surface area contributed by atoms with Crippen molar-refractivity contribution in [2.75, 3.05) is 12.0 Å². The highest BCUT2D eigenvalue weighted by molar-refractivity contribution is 9.10. The molecule has 31 heavy (non-hydrogen) atoms. The number of nitrogens with zero attached hydrogens (tertiary/aromatic N) is 1. The van der Waals surface area contributed by atoms with Crippen LogP contribution in [-0.4, -0.2) is 31.1 Å². The van der Waals surface area contributed by atoms with Gasteiger partial charge in [0.2, 0.25) is 0 Å². The van der Waals surface area contributed by atoms with Crippen molar-refractivity contribution in [3.63, 3.8) is 0 Å². The number of benzene rings is 2. The number of barbiturate groups is 1. The van der Waals surface area contributed by atoms with E-state index in [1.54, 1.807) is 37.3 Å². The molecule has 0 saturated carbocycles. The van der Waals surface area contributed by atoms with E-state index in [9.17, 15) is 14.4 Å². The number of rotatable bonds is 5. The van der Waals surface area contributed by atoms with Crippen LogP contribution < -0.4 is 19.7 Å². The zero-order valence-electron chi connectivity index (χ0n) is 17.3. The van der Waals surface area contributed by atoms with Crippen LogP contribution in [0.15, 0.2) is 44.9 Å². The summed E-state index contributed by atoms with van der Waals surface area (Å²) < 4.78 is 12.6. The molecule has 0 aliphatic carbocycles. The summed E-state index contributed by atoms with van der Waals surface area (Å²) >= 11 is 6.81. The highest BCUT2D eigenvalue weighted by atomic mass is 79.9. The molecular weight excluding hydrogens is 532 g/mol. The van der Waals surface area contributed by atoms with Crippen LogP contribution >= 0.6 is 31.9 Å². The molecule has 0 spiro atoms. The largest absolute Gasteiger partial charge is 0.493 e. The fourth-order valence-electron chi connectivity index (χ4n) is 3.09. The normalized spacial score (nSPS) is 15.5. The Labute approximate surface area is 196 Å². The average molecular weight is 552 g/mol. The van der Waals surface area contributed by atoms with Crippen LogP contribution in [0, 0.1) is 6.92 Å². The fourth-order valence-corrected chi connectivity index (χ4v) is 4.11. The van der Waals surface area contributed by atoms with Gasteiger partial charge in [-0.15, -0.1) is 0 Å². The van der Waals surface area contributed by atoms with Crippen molar-refractivity contribution < 1.29 is 23.9 Å². The van der Waals surface area contributed by atoms with Crippen LogP contribution in [0.5, 0.6) is 11.5 Å². The third-order valence-corrected chi connectivity index (χ3v) is 5.50. The molecular formula is C22H20Br2N2O5. The molecule has 7 nitrogen and oxygen atoms in total. The Bertz CT molecular complexity index is 1110. The molecule has 9 heteroatoms. The first-order valence-electron chi connectivity index (χ1n) is 9.34. The van der Waals surface area contributed by atoms with Crippen molar-refractivity contribution in [3.05, 3.63) is 56.0 Å². The summed E-state index contributed by atoms with van der Waals surface area (Å²) in [6, 6.07) is 7.71. The lowest BCUT2D eigenvalue weighted by atomic mass is 10.1. The lowest BCUT2D eigenvalue weighted by molar-refractivity contribution is -0.122. The van der Waals surface area contributed by atoms with E-state index in [2.05, 4.69) is 37.2 Å². The van der Waals surface area contributed by atoms with Gasteiger partial charge in [0.25, 0.3) is 11.8 Å².